The van der Waals surface area contributed by atoms with Crippen molar-refractivity contribution in [3.05, 3.63) is 0 Å². The van der Waals surface area contributed by atoms with Gasteiger partial charge in [0.15, 0.2) is 12.1 Å². The Morgan fingerprint density at radius 1 is 1.33 bits per heavy atom. The van der Waals surface area contributed by atoms with Crippen molar-refractivity contribution >= 4 is 23.3 Å². The van der Waals surface area contributed by atoms with E-state index in [1.54, 1.807) is 0 Å². The Morgan fingerprint density at radius 3 is 2.13 bits per heavy atom. The van der Waals surface area contributed by atoms with Gasteiger partial charge in [0.25, 0.3) is 0 Å². The Hall–Kier alpha value is -0.790. The molecule has 0 amide bonds. The molecule has 1 rings (SSSR count). The fourth-order valence-corrected chi connectivity index (χ4v) is 2.94. The van der Waals surface area contributed by atoms with Crippen LogP contribution in [0.3, 0.4) is 0 Å². The SMILES string of the molecule is CCCC[S+]([O-])N1C(C(=O)O)C1C(=O)O. The van der Waals surface area contributed by atoms with Crippen LogP contribution in [0.2, 0.25) is 0 Å². The molecular weight excluding hydrogens is 222 g/mol. The van der Waals surface area contributed by atoms with E-state index < -0.39 is 35.4 Å². The Labute approximate surface area is 90.2 Å². The minimum absolute atomic E-state index is 0.323. The highest BCUT2D eigenvalue weighted by Gasteiger charge is 2.65. The summed E-state index contributed by atoms with van der Waals surface area (Å²) in [7, 11) is 0. The van der Waals surface area contributed by atoms with E-state index in [9.17, 15) is 14.1 Å². The summed E-state index contributed by atoms with van der Waals surface area (Å²) in [5.41, 5.74) is 0. The highest BCUT2D eigenvalue weighted by Crippen LogP contribution is 2.33. The van der Waals surface area contributed by atoms with Gasteiger partial charge in [-0.1, -0.05) is 17.6 Å². The predicted octanol–water partition coefficient (Wildman–Crippen LogP) is -0.328. The summed E-state index contributed by atoms with van der Waals surface area (Å²) in [5.74, 6) is -2.14. The van der Waals surface area contributed by atoms with Gasteiger partial charge >= 0.3 is 11.9 Å². The van der Waals surface area contributed by atoms with Gasteiger partial charge in [-0.3, -0.25) is 9.59 Å². The summed E-state index contributed by atoms with van der Waals surface area (Å²) in [5, 5.41) is 17.4. The molecule has 1 saturated heterocycles. The van der Waals surface area contributed by atoms with Crippen LogP contribution in [0, 0.1) is 0 Å². The van der Waals surface area contributed by atoms with Crippen LogP contribution < -0.4 is 0 Å². The van der Waals surface area contributed by atoms with Crippen LogP contribution in [-0.2, 0) is 21.0 Å². The first-order chi connectivity index (χ1) is 7.00. The summed E-state index contributed by atoms with van der Waals surface area (Å²) in [4.78, 5) is 21.3. The molecule has 1 aliphatic rings. The molecule has 3 atom stereocenters. The van der Waals surface area contributed by atoms with Gasteiger partial charge in [-0.2, -0.15) is 0 Å². The molecule has 7 heteroatoms. The molecule has 1 fully saturated rings. The van der Waals surface area contributed by atoms with E-state index in [2.05, 4.69) is 0 Å². The smallest absolute Gasteiger partial charge is 0.328 e. The van der Waals surface area contributed by atoms with Crippen molar-refractivity contribution in [2.45, 2.75) is 31.8 Å². The standard InChI is InChI=1S/C8H13NO5S/c1-2-3-4-15(14)9-5(7(10)11)6(9)8(12)13/h5-6H,2-4H2,1H3,(H,10,11)(H,12,13). The number of carbonyl (C=O) groups is 2. The Morgan fingerprint density at radius 2 is 1.80 bits per heavy atom. The molecule has 0 aromatic heterocycles. The average molecular weight is 235 g/mol. The molecule has 6 nitrogen and oxygen atoms in total. The van der Waals surface area contributed by atoms with E-state index in [4.69, 9.17) is 10.2 Å². The number of hydrogen-bond donors (Lipinski definition) is 2. The van der Waals surface area contributed by atoms with Gasteiger partial charge in [-0.15, -0.1) is 0 Å². The molecule has 1 aliphatic heterocycles. The molecule has 0 aliphatic carbocycles. The third-order valence-corrected chi connectivity index (χ3v) is 3.73. The number of rotatable bonds is 6. The van der Waals surface area contributed by atoms with Crippen LogP contribution in [0.15, 0.2) is 0 Å². The molecule has 0 aromatic carbocycles. The van der Waals surface area contributed by atoms with Crippen LogP contribution in [-0.4, -0.2) is 48.8 Å². The molecule has 0 aromatic rings. The maximum Gasteiger partial charge on any atom is 0.328 e. The van der Waals surface area contributed by atoms with Crippen LogP contribution in [0.1, 0.15) is 19.8 Å². The molecule has 1 heterocycles. The van der Waals surface area contributed by atoms with Gasteiger partial charge < -0.3 is 14.8 Å². The first-order valence-electron chi connectivity index (χ1n) is 4.63. The van der Waals surface area contributed by atoms with Crippen LogP contribution in [0.4, 0.5) is 0 Å². The van der Waals surface area contributed by atoms with Crippen molar-refractivity contribution in [3.8, 4) is 0 Å². The lowest BCUT2D eigenvalue weighted by atomic mass is 10.3. The van der Waals surface area contributed by atoms with Gasteiger partial charge in [-0.05, 0) is 6.42 Å². The van der Waals surface area contributed by atoms with Crippen LogP contribution >= 0.6 is 0 Å². The first kappa shape index (κ1) is 12.3. The van der Waals surface area contributed by atoms with E-state index in [0.717, 1.165) is 10.7 Å². The number of unbranched alkanes of at least 4 members (excludes halogenated alkanes) is 1. The van der Waals surface area contributed by atoms with Crippen molar-refractivity contribution in [1.29, 1.82) is 0 Å². The van der Waals surface area contributed by atoms with Crippen molar-refractivity contribution < 1.29 is 24.4 Å². The van der Waals surface area contributed by atoms with Crippen LogP contribution in [0.5, 0.6) is 0 Å². The minimum Gasteiger partial charge on any atom is -0.598 e. The number of carboxylic acid groups (broad SMARTS) is 2. The summed E-state index contributed by atoms with van der Waals surface area (Å²) in [6.07, 6.45) is 1.54. The topological polar surface area (TPSA) is 101 Å². The third kappa shape index (κ3) is 2.61. The average Bonchev–Trinajstić information content (AvgIpc) is 2.88. The van der Waals surface area contributed by atoms with E-state index in [1.807, 2.05) is 6.92 Å². The zero-order valence-electron chi connectivity index (χ0n) is 8.25. The summed E-state index contributed by atoms with van der Waals surface area (Å²) in [6.45, 7) is 1.92. The monoisotopic (exact) mass is 235 g/mol. The van der Waals surface area contributed by atoms with Gasteiger partial charge in [-0.25, -0.2) is 0 Å². The molecular formula is C8H13NO5S. The summed E-state index contributed by atoms with van der Waals surface area (Å²) >= 11 is -1.49. The van der Waals surface area contributed by atoms with Crippen molar-refractivity contribution in [2.24, 2.45) is 0 Å². The van der Waals surface area contributed by atoms with Gasteiger partial charge in [0.1, 0.15) is 5.75 Å². The number of hydrogen-bond acceptors (Lipinski definition) is 4. The zero-order chi connectivity index (χ0) is 11.6. The number of carboxylic acids is 2. The predicted molar refractivity (Wildman–Crippen MR) is 52.6 cm³/mol. The molecule has 0 spiro atoms. The van der Waals surface area contributed by atoms with E-state index >= 15 is 0 Å². The molecule has 0 bridgehead atoms. The van der Waals surface area contributed by atoms with E-state index in [0.29, 0.717) is 12.2 Å². The molecule has 0 radical (unpaired) electrons. The third-order valence-electron chi connectivity index (χ3n) is 2.17. The van der Waals surface area contributed by atoms with Gasteiger partial charge in [0.05, 0.1) is 0 Å². The fraction of sp³-hybridized carbons (Fsp3) is 0.750. The van der Waals surface area contributed by atoms with Gasteiger partial charge in [0.2, 0.25) is 0 Å². The molecule has 2 N–H and O–H groups in total. The first-order valence-corrected chi connectivity index (χ1v) is 5.90. The lowest BCUT2D eigenvalue weighted by molar-refractivity contribution is -0.140. The minimum atomic E-state index is -1.49. The molecule has 0 saturated carbocycles. The van der Waals surface area contributed by atoms with Crippen molar-refractivity contribution in [3.63, 3.8) is 0 Å². The molecule has 3 unspecified atom stereocenters. The summed E-state index contributed by atoms with van der Waals surface area (Å²) in [6, 6.07) is -2.25. The highest BCUT2D eigenvalue weighted by atomic mass is 32.2. The maximum absolute atomic E-state index is 11.5. The van der Waals surface area contributed by atoms with Crippen molar-refractivity contribution in [2.75, 3.05) is 5.75 Å². The fourth-order valence-electron chi connectivity index (χ4n) is 1.33. The van der Waals surface area contributed by atoms with E-state index in [1.165, 1.54) is 0 Å². The molecule has 86 valence electrons. The maximum atomic E-state index is 11.5. The summed E-state index contributed by atoms with van der Waals surface area (Å²) < 4.78 is 12.5. The second kappa shape index (κ2) is 4.82. The Bertz CT molecular complexity index is 252. The highest BCUT2D eigenvalue weighted by molar-refractivity contribution is 7.89. The lowest BCUT2D eigenvalue weighted by Gasteiger charge is -2.09. The second-order valence-corrected chi connectivity index (χ2v) is 4.78. The normalized spacial score (nSPS) is 30.9. The van der Waals surface area contributed by atoms with E-state index in [-0.39, 0.29) is 0 Å². The molecule has 15 heavy (non-hydrogen) atoms. The van der Waals surface area contributed by atoms with Gasteiger partial charge in [0, 0.05) is 11.4 Å². The lowest BCUT2D eigenvalue weighted by Crippen LogP contribution is -2.22. The number of aliphatic carboxylic acids is 2. The quantitative estimate of drug-likeness (QED) is 0.483. The second-order valence-electron chi connectivity index (χ2n) is 3.31. The number of nitrogens with zero attached hydrogens (tertiary/aromatic N) is 1. The Balaban J connectivity index is 2.54. The zero-order valence-corrected chi connectivity index (χ0v) is 9.07. The van der Waals surface area contributed by atoms with Crippen LogP contribution in [0.25, 0.3) is 0 Å². The Kier molecular flexibility index (Phi) is 3.95. The largest absolute Gasteiger partial charge is 0.598 e. The van der Waals surface area contributed by atoms with Crippen molar-refractivity contribution in [1.82, 2.24) is 4.31 Å².